The molecular weight excluding hydrogens is 502 g/mol. The molecule has 0 saturated carbocycles. The van der Waals surface area contributed by atoms with E-state index in [9.17, 15) is 14.7 Å². The van der Waals surface area contributed by atoms with Crippen LogP contribution in [0, 0.1) is 0 Å². The van der Waals surface area contributed by atoms with Crippen LogP contribution >= 0.6 is 0 Å². The molecule has 0 aliphatic carbocycles. The van der Waals surface area contributed by atoms with E-state index in [4.69, 9.17) is 18.9 Å². The van der Waals surface area contributed by atoms with Gasteiger partial charge >= 0.3 is 0 Å². The van der Waals surface area contributed by atoms with Crippen molar-refractivity contribution in [2.45, 2.75) is 25.5 Å². The van der Waals surface area contributed by atoms with Crippen molar-refractivity contribution in [2.75, 3.05) is 53.2 Å². The van der Waals surface area contributed by atoms with Gasteiger partial charge in [-0.2, -0.15) is 0 Å². The number of methoxy groups -OCH3 is 1. The molecule has 0 bridgehead atoms. The van der Waals surface area contributed by atoms with Gasteiger partial charge < -0.3 is 33.9 Å². The summed E-state index contributed by atoms with van der Waals surface area (Å²) in [5.74, 6) is 1.42. The molecule has 2 saturated heterocycles. The number of hydrogen-bond donors (Lipinski definition) is 1. The first kappa shape index (κ1) is 26.7. The molecule has 1 atom stereocenters. The van der Waals surface area contributed by atoms with Crippen molar-refractivity contribution in [1.82, 2.24) is 9.80 Å². The van der Waals surface area contributed by atoms with Crippen LogP contribution in [0.25, 0.3) is 6.08 Å². The van der Waals surface area contributed by atoms with E-state index in [2.05, 4.69) is 4.99 Å². The molecule has 0 unspecified atom stereocenters. The third-order valence-electron chi connectivity index (χ3n) is 7.05. The number of aliphatic hydroxyl groups excluding tert-OH is 1. The predicted octanol–water partition coefficient (Wildman–Crippen LogP) is 2.84. The fourth-order valence-electron chi connectivity index (χ4n) is 4.94. The Morgan fingerprint density at radius 3 is 2.67 bits per heavy atom. The lowest BCUT2D eigenvalue weighted by molar-refractivity contribution is -0.129. The second kappa shape index (κ2) is 12.3. The minimum atomic E-state index is -0.263. The normalized spacial score (nSPS) is 18.6. The molecular formula is C29H33N3O7. The number of hydrogen-bond acceptors (Lipinski definition) is 8. The Labute approximate surface area is 227 Å². The highest BCUT2D eigenvalue weighted by molar-refractivity contribution is 6.03. The summed E-state index contributed by atoms with van der Waals surface area (Å²) < 4.78 is 22.6. The molecule has 39 heavy (non-hydrogen) atoms. The number of aliphatic imine (C=N–C) groups is 1. The van der Waals surface area contributed by atoms with Crippen LogP contribution < -0.4 is 14.2 Å². The van der Waals surface area contributed by atoms with Gasteiger partial charge in [-0.3, -0.25) is 14.6 Å². The summed E-state index contributed by atoms with van der Waals surface area (Å²) in [6, 6.07) is 8.82. The molecule has 5 rings (SSSR count). The number of morpholine rings is 1. The fraction of sp³-hybridized carbons (Fsp3) is 0.414. The Bertz CT molecular complexity index is 1270. The number of aliphatic hydroxyl groups is 1. The van der Waals surface area contributed by atoms with Crippen LogP contribution in [0.15, 0.2) is 41.4 Å². The molecule has 10 heteroatoms. The minimum Gasteiger partial charge on any atom is -0.493 e. The fourth-order valence-corrected chi connectivity index (χ4v) is 4.94. The zero-order valence-corrected chi connectivity index (χ0v) is 22.0. The van der Waals surface area contributed by atoms with Gasteiger partial charge in [-0.05, 0) is 42.7 Å². The third kappa shape index (κ3) is 6.07. The van der Waals surface area contributed by atoms with E-state index in [0.717, 1.165) is 18.4 Å². The van der Waals surface area contributed by atoms with Crippen LogP contribution in [0.4, 0.5) is 5.69 Å². The van der Waals surface area contributed by atoms with Crippen LogP contribution in [0.2, 0.25) is 0 Å². The monoisotopic (exact) mass is 535 g/mol. The Morgan fingerprint density at radius 2 is 1.90 bits per heavy atom. The lowest BCUT2D eigenvalue weighted by atomic mass is 10.1. The van der Waals surface area contributed by atoms with Gasteiger partial charge in [0.15, 0.2) is 11.5 Å². The number of carbonyl (C=O) groups excluding carboxylic acids is 2. The van der Waals surface area contributed by atoms with E-state index >= 15 is 0 Å². The van der Waals surface area contributed by atoms with Crippen molar-refractivity contribution in [3.05, 3.63) is 53.1 Å². The van der Waals surface area contributed by atoms with E-state index in [1.165, 1.54) is 0 Å². The average molecular weight is 536 g/mol. The maximum Gasteiger partial charge on any atom is 0.256 e. The number of benzene rings is 2. The lowest BCUT2D eigenvalue weighted by Gasteiger charge is -2.25. The van der Waals surface area contributed by atoms with Gasteiger partial charge in [0.2, 0.25) is 5.91 Å². The summed E-state index contributed by atoms with van der Waals surface area (Å²) in [5, 5.41) is 9.92. The van der Waals surface area contributed by atoms with E-state index < -0.39 is 0 Å². The van der Waals surface area contributed by atoms with E-state index in [1.807, 2.05) is 17.2 Å². The highest BCUT2D eigenvalue weighted by atomic mass is 16.5. The second-order valence-electron chi connectivity index (χ2n) is 9.50. The van der Waals surface area contributed by atoms with E-state index in [0.29, 0.717) is 66.9 Å². The summed E-state index contributed by atoms with van der Waals surface area (Å²) in [7, 11) is 1.56. The minimum absolute atomic E-state index is 0.0161. The summed E-state index contributed by atoms with van der Waals surface area (Å²) in [5.41, 5.74) is 2.36. The average Bonchev–Trinajstić information content (AvgIpc) is 3.41. The number of nitrogens with zero attached hydrogens (tertiary/aromatic N) is 3. The first-order valence-electron chi connectivity index (χ1n) is 13.2. The summed E-state index contributed by atoms with van der Waals surface area (Å²) in [4.78, 5) is 33.5. The van der Waals surface area contributed by atoms with Crippen LogP contribution in [0.1, 0.15) is 34.3 Å². The molecule has 2 aromatic rings. The molecule has 206 valence electrons. The van der Waals surface area contributed by atoms with Crippen molar-refractivity contribution < 1.29 is 33.6 Å². The molecule has 3 aliphatic rings. The van der Waals surface area contributed by atoms with Gasteiger partial charge in [0, 0.05) is 43.6 Å². The summed E-state index contributed by atoms with van der Waals surface area (Å²) in [6.45, 7) is 3.19. The SMILES string of the molecule is COc1cc(/C=C/C(=O)N2CCOCC2)ccc1OCCOc1cc2c(cc1CO)C(=O)N1CCC[C@H]1C=N2. The smallest absolute Gasteiger partial charge is 0.256 e. The van der Waals surface area contributed by atoms with Crippen LogP contribution in [-0.2, 0) is 16.1 Å². The number of rotatable bonds is 9. The summed E-state index contributed by atoms with van der Waals surface area (Å²) >= 11 is 0. The van der Waals surface area contributed by atoms with Crippen LogP contribution in [0.3, 0.4) is 0 Å². The van der Waals surface area contributed by atoms with Gasteiger partial charge in [-0.15, -0.1) is 0 Å². The van der Waals surface area contributed by atoms with Gasteiger partial charge in [0.1, 0.15) is 19.0 Å². The largest absolute Gasteiger partial charge is 0.493 e. The second-order valence-corrected chi connectivity index (χ2v) is 9.50. The number of ether oxygens (including phenoxy) is 4. The molecule has 0 spiro atoms. The molecule has 0 radical (unpaired) electrons. The zero-order valence-electron chi connectivity index (χ0n) is 22.0. The van der Waals surface area contributed by atoms with Crippen molar-refractivity contribution in [1.29, 1.82) is 0 Å². The van der Waals surface area contributed by atoms with Crippen molar-refractivity contribution in [3.63, 3.8) is 0 Å². The molecule has 2 fully saturated rings. The topological polar surface area (TPSA) is 110 Å². The Hall–Kier alpha value is -3.89. The molecule has 3 heterocycles. The number of carbonyl (C=O) groups is 2. The zero-order chi connectivity index (χ0) is 27.2. The third-order valence-corrected chi connectivity index (χ3v) is 7.05. The molecule has 0 aromatic heterocycles. The van der Waals surface area contributed by atoms with Crippen LogP contribution in [-0.4, -0.2) is 92.1 Å². The Morgan fingerprint density at radius 1 is 1.10 bits per heavy atom. The highest BCUT2D eigenvalue weighted by Gasteiger charge is 2.32. The quantitative estimate of drug-likeness (QED) is 0.388. The lowest BCUT2D eigenvalue weighted by Crippen LogP contribution is -2.39. The van der Waals surface area contributed by atoms with Gasteiger partial charge in [-0.25, -0.2) is 0 Å². The molecule has 2 amide bonds. The summed E-state index contributed by atoms with van der Waals surface area (Å²) in [6.07, 6.45) is 7.00. The van der Waals surface area contributed by atoms with Gasteiger partial charge in [0.05, 0.1) is 44.2 Å². The predicted molar refractivity (Wildman–Crippen MR) is 145 cm³/mol. The maximum atomic E-state index is 13.0. The Balaban J connectivity index is 1.19. The first-order valence-corrected chi connectivity index (χ1v) is 13.2. The molecule has 2 aromatic carbocycles. The van der Waals surface area contributed by atoms with Gasteiger partial charge in [0.25, 0.3) is 5.91 Å². The van der Waals surface area contributed by atoms with Crippen molar-refractivity contribution in [3.8, 4) is 17.2 Å². The highest BCUT2D eigenvalue weighted by Crippen LogP contribution is 2.34. The standard InChI is InChI=1S/C29H33N3O7/c1-36-27-15-20(5-7-28(34)31-9-11-37-12-10-31)4-6-25(27)38-13-14-39-26-17-24-23(16-21(26)19-33)29(35)32-8-2-3-22(32)18-30-24/h4-7,15-18,22,33H,2-3,8-14,19H2,1H3/b7-5+/t22-/m0/s1. The van der Waals surface area contributed by atoms with Gasteiger partial charge in [-0.1, -0.05) is 6.07 Å². The molecule has 3 aliphatic heterocycles. The Kier molecular flexibility index (Phi) is 8.43. The van der Waals surface area contributed by atoms with Crippen molar-refractivity contribution >= 4 is 29.8 Å². The first-order chi connectivity index (χ1) is 19.1. The molecule has 10 nitrogen and oxygen atoms in total. The van der Waals surface area contributed by atoms with Crippen LogP contribution in [0.5, 0.6) is 17.2 Å². The molecule has 1 N–H and O–H groups in total. The van der Waals surface area contributed by atoms with E-state index in [-0.39, 0.29) is 37.7 Å². The van der Waals surface area contributed by atoms with E-state index in [1.54, 1.807) is 48.4 Å². The number of fused-ring (bicyclic) bond motifs is 2. The van der Waals surface area contributed by atoms with Crippen molar-refractivity contribution in [2.24, 2.45) is 4.99 Å². The number of amides is 2. The maximum absolute atomic E-state index is 13.0.